The van der Waals surface area contributed by atoms with Gasteiger partial charge in [0.2, 0.25) is 0 Å². The molecule has 1 aromatic heterocycles. The highest BCUT2D eigenvalue weighted by Crippen LogP contribution is 2.32. The minimum absolute atomic E-state index is 0.282. The van der Waals surface area contributed by atoms with E-state index in [-0.39, 0.29) is 5.97 Å². The third-order valence-corrected chi connectivity index (χ3v) is 3.36. The largest absolute Gasteiger partial charge is 0.424 e. The first-order valence-electron chi connectivity index (χ1n) is 6.28. The Bertz CT molecular complexity index is 569. The predicted molar refractivity (Wildman–Crippen MR) is 72.8 cm³/mol. The van der Waals surface area contributed by atoms with Crippen LogP contribution in [0.15, 0.2) is 30.5 Å². The maximum Gasteiger partial charge on any atom is 0.308 e. The number of benzene rings is 1. The molecule has 0 radical (unpaired) electrons. The van der Waals surface area contributed by atoms with E-state index in [4.69, 9.17) is 4.74 Å². The molecule has 1 heterocycles. The maximum absolute atomic E-state index is 11.1. The van der Waals surface area contributed by atoms with Gasteiger partial charge in [-0.15, -0.1) is 0 Å². The molecule has 0 saturated carbocycles. The van der Waals surface area contributed by atoms with E-state index >= 15 is 0 Å². The SMILES string of the molecule is CC(=O)Oc1cn(C(C)C(C)C)c2ccccc12. The second kappa shape index (κ2) is 4.84. The summed E-state index contributed by atoms with van der Waals surface area (Å²) in [5.41, 5.74) is 1.11. The Kier molecular flexibility index (Phi) is 3.41. The summed E-state index contributed by atoms with van der Waals surface area (Å²) in [4.78, 5) is 11.1. The van der Waals surface area contributed by atoms with E-state index in [0.717, 1.165) is 10.9 Å². The van der Waals surface area contributed by atoms with Gasteiger partial charge in [0, 0.05) is 24.5 Å². The van der Waals surface area contributed by atoms with Crippen LogP contribution in [0.25, 0.3) is 10.9 Å². The molecule has 2 aromatic rings. The summed E-state index contributed by atoms with van der Waals surface area (Å²) in [5.74, 6) is 0.881. The lowest BCUT2D eigenvalue weighted by atomic mass is 10.1. The van der Waals surface area contributed by atoms with E-state index in [2.05, 4.69) is 31.4 Å². The fraction of sp³-hybridized carbons (Fsp3) is 0.400. The molecule has 1 atom stereocenters. The Morgan fingerprint density at radius 3 is 2.50 bits per heavy atom. The number of aromatic nitrogens is 1. The molecular weight excluding hydrogens is 226 g/mol. The summed E-state index contributed by atoms with van der Waals surface area (Å²) in [6.45, 7) is 7.97. The van der Waals surface area contributed by atoms with Crippen molar-refractivity contribution in [1.29, 1.82) is 0 Å². The quantitative estimate of drug-likeness (QED) is 0.770. The molecule has 0 N–H and O–H groups in total. The van der Waals surface area contributed by atoms with E-state index in [1.54, 1.807) is 0 Å². The van der Waals surface area contributed by atoms with Crippen LogP contribution in [0, 0.1) is 5.92 Å². The van der Waals surface area contributed by atoms with Gasteiger partial charge in [0.15, 0.2) is 5.75 Å². The van der Waals surface area contributed by atoms with Gasteiger partial charge in [-0.25, -0.2) is 0 Å². The highest BCUT2D eigenvalue weighted by molar-refractivity contribution is 5.89. The van der Waals surface area contributed by atoms with Crippen molar-refractivity contribution in [3.8, 4) is 5.75 Å². The molecule has 0 aliphatic rings. The van der Waals surface area contributed by atoms with Gasteiger partial charge in [0.25, 0.3) is 0 Å². The average molecular weight is 245 g/mol. The molecule has 0 bridgehead atoms. The lowest BCUT2D eigenvalue weighted by Gasteiger charge is -2.18. The van der Waals surface area contributed by atoms with Gasteiger partial charge in [-0.2, -0.15) is 0 Å². The number of nitrogens with zero attached hydrogens (tertiary/aromatic N) is 1. The second-order valence-corrected chi connectivity index (χ2v) is 5.00. The molecule has 2 rings (SSSR count). The zero-order valence-corrected chi connectivity index (χ0v) is 11.3. The van der Waals surface area contributed by atoms with Gasteiger partial charge in [-0.1, -0.05) is 26.0 Å². The summed E-state index contributed by atoms with van der Waals surface area (Å²) in [5, 5.41) is 0.986. The van der Waals surface area contributed by atoms with E-state index < -0.39 is 0 Å². The van der Waals surface area contributed by atoms with Crippen molar-refractivity contribution in [2.75, 3.05) is 0 Å². The molecule has 1 unspecified atom stereocenters. The number of ether oxygens (including phenoxy) is 1. The number of para-hydroxylation sites is 1. The summed E-state index contributed by atoms with van der Waals surface area (Å²) in [6, 6.07) is 8.36. The Morgan fingerprint density at radius 2 is 1.89 bits per heavy atom. The van der Waals surface area contributed by atoms with Crippen LogP contribution < -0.4 is 4.74 Å². The molecule has 18 heavy (non-hydrogen) atoms. The Balaban J connectivity index is 2.57. The molecule has 96 valence electrons. The molecule has 1 aromatic carbocycles. The van der Waals surface area contributed by atoms with Crippen LogP contribution in [-0.2, 0) is 4.79 Å². The highest BCUT2D eigenvalue weighted by Gasteiger charge is 2.16. The van der Waals surface area contributed by atoms with Crippen molar-refractivity contribution < 1.29 is 9.53 Å². The van der Waals surface area contributed by atoms with Crippen molar-refractivity contribution in [3.05, 3.63) is 30.5 Å². The fourth-order valence-corrected chi connectivity index (χ4v) is 2.07. The molecule has 0 aliphatic heterocycles. The first kappa shape index (κ1) is 12.7. The smallest absolute Gasteiger partial charge is 0.308 e. The fourth-order valence-electron chi connectivity index (χ4n) is 2.07. The van der Waals surface area contributed by atoms with Crippen LogP contribution in [0.5, 0.6) is 5.75 Å². The second-order valence-electron chi connectivity index (χ2n) is 5.00. The number of fused-ring (bicyclic) bond motifs is 1. The Morgan fingerprint density at radius 1 is 1.22 bits per heavy atom. The summed E-state index contributed by atoms with van der Waals surface area (Å²) < 4.78 is 7.46. The maximum atomic E-state index is 11.1. The van der Waals surface area contributed by atoms with E-state index in [9.17, 15) is 4.79 Å². The number of hydrogen-bond acceptors (Lipinski definition) is 2. The van der Waals surface area contributed by atoms with Crippen LogP contribution in [-0.4, -0.2) is 10.5 Å². The monoisotopic (exact) mass is 245 g/mol. The zero-order valence-electron chi connectivity index (χ0n) is 11.3. The van der Waals surface area contributed by atoms with Gasteiger partial charge in [-0.3, -0.25) is 4.79 Å². The molecule has 0 aliphatic carbocycles. The Hall–Kier alpha value is -1.77. The van der Waals surface area contributed by atoms with Crippen molar-refractivity contribution in [2.45, 2.75) is 33.7 Å². The lowest BCUT2D eigenvalue weighted by Crippen LogP contribution is -2.10. The van der Waals surface area contributed by atoms with Gasteiger partial charge < -0.3 is 9.30 Å². The number of carbonyl (C=O) groups is 1. The van der Waals surface area contributed by atoms with Crippen LogP contribution in [0.3, 0.4) is 0 Å². The van der Waals surface area contributed by atoms with Gasteiger partial charge in [-0.05, 0) is 25.0 Å². The molecule has 0 fully saturated rings. The van der Waals surface area contributed by atoms with E-state index in [1.807, 2.05) is 24.4 Å². The van der Waals surface area contributed by atoms with Crippen LogP contribution in [0.2, 0.25) is 0 Å². The first-order chi connectivity index (χ1) is 8.50. The Labute approximate surface area is 107 Å². The topological polar surface area (TPSA) is 31.2 Å². The molecule has 0 saturated heterocycles. The van der Waals surface area contributed by atoms with Gasteiger partial charge >= 0.3 is 5.97 Å². The molecule has 0 amide bonds. The number of hydrogen-bond donors (Lipinski definition) is 0. The van der Waals surface area contributed by atoms with Gasteiger partial charge in [0.1, 0.15) is 0 Å². The van der Waals surface area contributed by atoms with Gasteiger partial charge in [0.05, 0.1) is 5.52 Å². The molecular formula is C15H19NO2. The number of carbonyl (C=O) groups excluding carboxylic acids is 1. The summed E-state index contributed by atoms with van der Waals surface area (Å²) in [6.07, 6.45) is 1.93. The van der Waals surface area contributed by atoms with Crippen molar-refractivity contribution in [1.82, 2.24) is 4.57 Å². The summed E-state index contributed by atoms with van der Waals surface area (Å²) in [7, 11) is 0. The van der Waals surface area contributed by atoms with Crippen LogP contribution in [0.4, 0.5) is 0 Å². The van der Waals surface area contributed by atoms with Crippen molar-refractivity contribution in [3.63, 3.8) is 0 Å². The lowest BCUT2D eigenvalue weighted by molar-refractivity contribution is -0.131. The number of esters is 1. The van der Waals surface area contributed by atoms with E-state index in [1.165, 1.54) is 6.92 Å². The van der Waals surface area contributed by atoms with Crippen molar-refractivity contribution in [2.24, 2.45) is 5.92 Å². The number of rotatable bonds is 3. The third-order valence-electron chi connectivity index (χ3n) is 3.36. The van der Waals surface area contributed by atoms with Crippen LogP contribution in [0.1, 0.15) is 33.7 Å². The first-order valence-corrected chi connectivity index (χ1v) is 6.28. The normalized spacial score (nSPS) is 12.9. The molecule has 3 nitrogen and oxygen atoms in total. The average Bonchev–Trinajstić information content (AvgIpc) is 2.67. The highest BCUT2D eigenvalue weighted by atomic mass is 16.5. The van der Waals surface area contributed by atoms with Crippen molar-refractivity contribution >= 4 is 16.9 Å². The predicted octanol–water partition coefficient (Wildman–Crippen LogP) is 3.78. The van der Waals surface area contributed by atoms with E-state index in [0.29, 0.717) is 17.7 Å². The van der Waals surface area contributed by atoms with Crippen LogP contribution >= 0.6 is 0 Å². The molecule has 0 spiro atoms. The minimum atomic E-state index is -0.282. The standard InChI is InChI=1S/C15H19NO2/c1-10(2)11(3)16-9-15(18-12(4)17)13-7-5-6-8-14(13)16/h5-11H,1-4H3. The molecule has 3 heteroatoms. The zero-order chi connectivity index (χ0) is 13.3. The minimum Gasteiger partial charge on any atom is -0.424 e. The third kappa shape index (κ3) is 2.26. The summed E-state index contributed by atoms with van der Waals surface area (Å²) >= 11 is 0.